The number of carboxylic acid groups (broad SMARTS) is 1. The van der Waals surface area contributed by atoms with Crippen LogP contribution < -0.4 is 0 Å². The molecule has 4 nitrogen and oxygen atoms in total. The van der Waals surface area contributed by atoms with Gasteiger partial charge in [-0.15, -0.1) is 0 Å². The largest absolute Gasteiger partial charge is 0.481 e. The van der Waals surface area contributed by atoms with Gasteiger partial charge in [-0.05, 0) is 37.3 Å². The van der Waals surface area contributed by atoms with Gasteiger partial charge in [0.2, 0.25) is 5.91 Å². The minimum atomic E-state index is -0.872. The lowest BCUT2D eigenvalue weighted by atomic mass is 10.00. The van der Waals surface area contributed by atoms with Crippen molar-refractivity contribution in [3.05, 3.63) is 35.4 Å². The van der Waals surface area contributed by atoms with Gasteiger partial charge in [0, 0.05) is 19.0 Å². The summed E-state index contributed by atoms with van der Waals surface area (Å²) in [7, 11) is 0. The van der Waals surface area contributed by atoms with Crippen LogP contribution in [0.25, 0.3) is 0 Å². The highest BCUT2D eigenvalue weighted by molar-refractivity contribution is 5.77. The maximum Gasteiger partial charge on any atom is 0.305 e. The highest BCUT2D eigenvalue weighted by Crippen LogP contribution is 2.16. The number of aryl methyl sites for hydroxylation is 1. The van der Waals surface area contributed by atoms with Crippen LogP contribution in [-0.2, 0) is 16.0 Å². The molecule has 0 unspecified atom stereocenters. The second kappa shape index (κ2) is 8.57. The average molecular weight is 305 g/mol. The molecule has 0 saturated heterocycles. The third-order valence-electron chi connectivity index (χ3n) is 3.78. The van der Waals surface area contributed by atoms with E-state index in [1.54, 1.807) is 4.90 Å². The topological polar surface area (TPSA) is 57.6 Å². The highest BCUT2D eigenvalue weighted by atomic mass is 16.4. The van der Waals surface area contributed by atoms with Crippen molar-refractivity contribution in [2.45, 2.75) is 58.9 Å². The van der Waals surface area contributed by atoms with Crippen molar-refractivity contribution in [2.75, 3.05) is 6.54 Å². The van der Waals surface area contributed by atoms with E-state index >= 15 is 0 Å². The van der Waals surface area contributed by atoms with Crippen molar-refractivity contribution in [1.82, 2.24) is 4.90 Å². The molecule has 0 radical (unpaired) electrons. The number of benzene rings is 1. The smallest absolute Gasteiger partial charge is 0.305 e. The Balaban J connectivity index is 2.56. The Morgan fingerprint density at radius 2 is 1.64 bits per heavy atom. The summed E-state index contributed by atoms with van der Waals surface area (Å²) in [5, 5.41) is 8.77. The normalized spacial score (nSPS) is 11.0. The molecule has 0 spiro atoms. The van der Waals surface area contributed by atoms with Gasteiger partial charge >= 0.3 is 5.97 Å². The summed E-state index contributed by atoms with van der Waals surface area (Å²) in [5.41, 5.74) is 2.43. The number of rotatable bonds is 8. The quantitative estimate of drug-likeness (QED) is 0.800. The Morgan fingerprint density at radius 3 is 2.09 bits per heavy atom. The van der Waals surface area contributed by atoms with E-state index in [9.17, 15) is 9.59 Å². The van der Waals surface area contributed by atoms with Crippen LogP contribution in [0.15, 0.2) is 24.3 Å². The number of carbonyl (C=O) groups excluding carboxylic acids is 1. The first-order valence-electron chi connectivity index (χ1n) is 7.91. The minimum Gasteiger partial charge on any atom is -0.481 e. The van der Waals surface area contributed by atoms with Crippen LogP contribution in [0.4, 0.5) is 0 Å². The number of amides is 1. The van der Waals surface area contributed by atoms with Crippen LogP contribution in [0.3, 0.4) is 0 Å². The predicted octanol–water partition coefficient (Wildman–Crippen LogP) is 3.45. The van der Waals surface area contributed by atoms with Gasteiger partial charge in [0.25, 0.3) is 0 Å². The zero-order valence-corrected chi connectivity index (χ0v) is 14.0. The number of hydrogen-bond donors (Lipinski definition) is 1. The van der Waals surface area contributed by atoms with Gasteiger partial charge in [0.05, 0.1) is 6.42 Å². The maximum absolute atomic E-state index is 12.3. The van der Waals surface area contributed by atoms with Gasteiger partial charge in [0.1, 0.15) is 0 Å². The Kier molecular flexibility index (Phi) is 7.09. The van der Waals surface area contributed by atoms with Crippen LogP contribution in [0.2, 0.25) is 0 Å². The van der Waals surface area contributed by atoms with Gasteiger partial charge in [-0.3, -0.25) is 9.59 Å². The lowest BCUT2D eigenvalue weighted by Crippen LogP contribution is -2.38. The minimum absolute atomic E-state index is 0.00694. The predicted molar refractivity (Wildman–Crippen MR) is 88.0 cm³/mol. The summed E-state index contributed by atoms with van der Waals surface area (Å²) in [5.74, 6) is -0.352. The van der Waals surface area contributed by atoms with E-state index < -0.39 is 5.97 Å². The number of carbonyl (C=O) groups is 2. The van der Waals surface area contributed by atoms with Gasteiger partial charge in [0.15, 0.2) is 0 Å². The first-order valence-corrected chi connectivity index (χ1v) is 7.91. The molecule has 22 heavy (non-hydrogen) atoms. The summed E-state index contributed by atoms with van der Waals surface area (Å²) < 4.78 is 0. The van der Waals surface area contributed by atoms with Crippen molar-refractivity contribution in [1.29, 1.82) is 0 Å². The molecule has 122 valence electrons. The van der Waals surface area contributed by atoms with E-state index in [1.165, 1.54) is 5.56 Å². The molecule has 0 saturated carbocycles. The van der Waals surface area contributed by atoms with E-state index in [1.807, 2.05) is 13.8 Å². The van der Waals surface area contributed by atoms with Crippen LogP contribution in [0.1, 0.15) is 57.6 Å². The molecule has 4 heteroatoms. The van der Waals surface area contributed by atoms with E-state index in [4.69, 9.17) is 5.11 Å². The number of aliphatic carboxylic acids is 1. The van der Waals surface area contributed by atoms with Crippen LogP contribution in [-0.4, -0.2) is 34.5 Å². The Hall–Kier alpha value is -1.84. The molecule has 0 aliphatic carbocycles. The van der Waals surface area contributed by atoms with Crippen molar-refractivity contribution in [2.24, 2.45) is 0 Å². The van der Waals surface area contributed by atoms with E-state index in [0.717, 1.165) is 5.56 Å². The molecule has 0 aromatic heterocycles. The fourth-order valence-electron chi connectivity index (χ4n) is 2.35. The lowest BCUT2D eigenvalue weighted by Gasteiger charge is -2.26. The second-order valence-electron chi connectivity index (χ2n) is 6.22. The molecule has 0 aliphatic rings. The molecule has 0 aliphatic heterocycles. The molecule has 0 heterocycles. The zero-order chi connectivity index (χ0) is 16.7. The molecule has 0 fully saturated rings. The molecule has 1 aromatic carbocycles. The lowest BCUT2D eigenvalue weighted by molar-refractivity contribution is -0.139. The van der Waals surface area contributed by atoms with Gasteiger partial charge in [-0.2, -0.15) is 0 Å². The Bertz CT molecular complexity index is 492. The van der Waals surface area contributed by atoms with Crippen LogP contribution >= 0.6 is 0 Å². The number of hydrogen-bond acceptors (Lipinski definition) is 2. The number of carboxylic acids is 1. The molecule has 1 aromatic rings. The van der Waals surface area contributed by atoms with Crippen molar-refractivity contribution < 1.29 is 14.7 Å². The maximum atomic E-state index is 12.3. The Labute approximate surface area is 133 Å². The monoisotopic (exact) mass is 305 g/mol. The Morgan fingerprint density at radius 1 is 1.05 bits per heavy atom. The van der Waals surface area contributed by atoms with Gasteiger partial charge in [-0.25, -0.2) is 0 Å². The average Bonchev–Trinajstić information content (AvgIpc) is 2.45. The van der Waals surface area contributed by atoms with Crippen LogP contribution in [0, 0.1) is 0 Å². The highest BCUT2D eigenvalue weighted by Gasteiger charge is 2.17. The zero-order valence-electron chi connectivity index (χ0n) is 14.0. The SMILES string of the molecule is CC(C)c1ccc(CCC(=O)N(CCC(=O)O)C(C)C)cc1. The third-order valence-corrected chi connectivity index (χ3v) is 3.78. The number of nitrogens with zero attached hydrogens (tertiary/aromatic N) is 1. The first-order chi connectivity index (χ1) is 10.3. The third kappa shape index (κ3) is 5.88. The summed E-state index contributed by atoms with van der Waals surface area (Å²) in [6.07, 6.45) is 1.10. The van der Waals surface area contributed by atoms with E-state index in [-0.39, 0.29) is 24.9 Å². The summed E-state index contributed by atoms with van der Waals surface area (Å²) in [4.78, 5) is 24.6. The summed E-state index contributed by atoms with van der Waals surface area (Å²) >= 11 is 0. The molecular formula is C18H27NO3. The first kappa shape index (κ1) is 18.2. The van der Waals surface area contributed by atoms with Crippen molar-refractivity contribution >= 4 is 11.9 Å². The van der Waals surface area contributed by atoms with Gasteiger partial charge < -0.3 is 10.0 Å². The van der Waals surface area contributed by atoms with Crippen molar-refractivity contribution in [3.63, 3.8) is 0 Å². The molecule has 1 rings (SSSR count). The summed E-state index contributed by atoms with van der Waals surface area (Å²) in [6.45, 7) is 8.41. The van der Waals surface area contributed by atoms with E-state index in [2.05, 4.69) is 38.1 Å². The van der Waals surface area contributed by atoms with Crippen molar-refractivity contribution in [3.8, 4) is 0 Å². The second-order valence-corrected chi connectivity index (χ2v) is 6.22. The summed E-state index contributed by atoms with van der Waals surface area (Å²) in [6, 6.07) is 8.37. The van der Waals surface area contributed by atoms with E-state index in [0.29, 0.717) is 18.8 Å². The van der Waals surface area contributed by atoms with Crippen LogP contribution in [0.5, 0.6) is 0 Å². The molecule has 0 atom stereocenters. The standard InChI is InChI=1S/C18H27NO3/c1-13(2)16-8-5-15(6-9-16)7-10-17(20)19(14(3)4)12-11-18(21)22/h5-6,8-9,13-14H,7,10-12H2,1-4H3,(H,21,22). The fraction of sp³-hybridized carbons (Fsp3) is 0.556. The molecular weight excluding hydrogens is 278 g/mol. The molecule has 1 N–H and O–H groups in total. The van der Waals surface area contributed by atoms with Gasteiger partial charge in [-0.1, -0.05) is 38.1 Å². The fourth-order valence-corrected chi connectivity index (χ4v) is 2.35. The molecule has 1 amide bonds. The molecule has 0 bridgehead atoms.